The third-order valence-corrected chi connectivity index (χ3v) is 9.47. The van der Waals surface area contributed by atoms with Gasteiger partial charge in [-0.15, -0.1) is 0 Å². The Bertz CT molecular complexity index is 1110. The molecule has 0 bridgehead atoms. The van der Waals surface area contributed by atoms with Crippen molar-refractivity contribution in [3.05, 3.63) is 60.8 Å². The topological polar surface area (TPSA) is 111 Å². The van der Waals surface area contributed by atoms with Crippen molar-refractivity contribution in [1.82, 2.24) is 0 Å². The number of rotatable bonds is 37. The number of hydrogen-bond acceptors (Lipinski definition) is 8. The third kappa shape index (κ3) is 39.4. The van der Waals surface area contributed by atoms with Gasteiger partial charge in [0.2, 0.25) is 0 Å². The number of carbonyl (C=O) groups is 2. The summed E-state index contributed by atoms with van der Waals surface area (Å²) in [5.41, 5.74) is 0. The SMILES string of the molecule is CCCCC/C=C/C/C=C/C/C=C/C/C=C/CCCC(=O)O[C@H](COC(=O)CCCCCCC/C=C/CCCCCC)COP(=O)([O-])OCC[N+](C)(C)C. The van der Waals surface area contributed by atoms with Gasteiger partial charge >= 0.3 is 11.9 Å². The lowest BCUT2D eigenvalue weighted by atomic mass is 10.1. The van der Waals surface area contributed by atoms with Gasteiger partial charge in [0.1, 0.15) is 19.8 Å². The molecule has 0 amide bonds. The maximum atomic E-state index is 12.6. The van der Waals surface area contributed by atoms with Crippen molar-refractivity contribution in [2.45, 2.75) is 161 Å². The highest BCUT2D eigenvalue weighted by molar-refractivity contribution is 7.45. The van der Waals surface area contributed by atoms with Crippen molar-refractivity contribution in [1.29, 1.82) is 0 Å². The molecule has 0 radical (unpaired) electrons. The van der Waals surface area contributed by atoms with Gasteiger partial charge in [0.25, 0.3) is 7.82 Å². The average Bonchev–Trinajstić information content (AvgIpc) is 3.12. The fourth-order valence-corrected chi connectivity index (χ4v) is 5.90. The van der Waals surface area contributed by atoms with E-state index in [1.165, 1.54) is 57.8 Å². The number of allylic oxidation sites excluding steroid dienone is 10. The molecule has 10 heteroatoms. The van der Waals surface area contributed by atoms with Crippen molar-refractivity contribution in [2.24, 2.45) is 0 Å². The monoisotopic (exact) mass is 780 g/mol. The molecule has 0 aromatic heterocycles. The lowest BCUT2D eigenvalue weighted by Crippen LogP contribution is -2.37. The van der Waals surface area contributed by atoms with E-state index in [-0.39, 0.29) is 26.1 Å². The molecule has 0 aromatic rings. The van der Waals surface area contributed by atoms with E-state index in [0.29, 0.717) is 30.3 Å². The van der Waals surface area contributed by atoms with Crippen LogP contribution in [0, 0.1) is 0 Å². The van der Waals surface area contributed by atoms with E-state index in [9.17, 15) is 19.0 Å². The first-order valence-corrected chi connectivity index (χ1v) is 22.5. The summed E-state index contributed by atoms with van der Waals surface area (Å²) >= 11 is 0. The molecular formula is C44H78NO8P. The van der Waals surface area contributed by atoms with E-state index in [1.54, 1.807) is 0 Å². The molecule has 0 saturated carbocycles. The first-order valence-electron chi connectivity index (χ1n) is 21.0. The third-order valence-electron chi connectivity index (χ3n) is 8.51. The number of carbonyl (C=O) groups excluding carboxylic acids is 2. The summed E-state index contributed by atoms with van der Waals surface area (Å²) in [7, 11) is 1.12. The molecule has 0 saturated heterocycles. The Labute approximate surface area is 330 Å². The fraction of sp³-hybridized carbons (Fsp3) is 0.727. The molecule has 54 heavy (non-hydrogen) atoms. The summed E-state index contributed by atoms with van der Waals surface area (Å²) in [6.45, 7) is 4.09. The second kappa shape index (κ2) is 36.4. The van der Waals surface area contributed by atoms with Crippen LogP contribution in [-0.2, 0) is 32.7 Å². The Morgan fingerprint density at radius 2 is 1.02 bits per heavy atom. The van der Waals surface area contributed by atoms with Crippen LogP contribution < -0.4 is 4.89 Å². The number of esters is 2. The van der Waals surface area contributed by atoms with Gasteiger partial charge in [0.05, 0.1) is 27.7 Å². The Morgan fingerprint density at radius 1 is 0.574 bits per heavy atom. The highest BCUT2D eigenvalue weighted by Crippen LogP contribution is 2.38. The van der Waals surface area contributed by atoms with Gasteiger partial charge in [0, 0.05) is 12.8 Å². The van der Waals surface area contributed by atoms with E-state index < -0.39 is 32.5 Å². The Hall–Kier alpha value is -2.29. The van der Waals surface area contributed by atoms with Crippen LogP contribution in [0.5, 0.6) is 0 Å². The quantitative estimate of drug-likeness (QED) is 0.0201. The zero-order chi connectivity index (χ0) is 40.0. The van der Waals surface area contributed by atoms with Crippen LogP contribution in [0.3, 0.4) is 0 Å². The summed E-state index contributed by atoms with van der Waals surface area (Å²) in [4.78, 5) is 37.4. The molecule has 312 valence electrons. The number of ether oxygens (including phenoxy) is 2. The van der Waals surface area contributed by atoms with Crippen LogP contribution in [0.4, 0.5) is 0 Å². The van der Waals surface area contributed by atoms with E-state index in [0.717, 1.165) is 51.4 Å². The molecule has 0 aromatic carbocycles. The van der Waals surface area contributed by atoms with E-state index in [1.807, 2.05) is 27.2 Å². The van der Waals surface area contributed by atoms with Gasteiger partial charge < -0.3 is 27.9 Å². The smallest absolute Gasteiger partial charge is 0.306 e. The van der Waals surface area contributed by atoms with Crippen LogP contribution in [0.1, 0.15) is 155 Å². The number of phosphoric acid groups is 1. The lowest BCUT2D eigenvalue weighted by molar-refractivity contribution is -0.870. The molecule has 0 aliphatic heterocycles. The highest BCUT2D eigenvalue weighted by atomic mass is 31.2. The molecule has 0 aliphatic carbocycles. The maximum Gasteiger partial charge on any atom is 0.306 e. The predicted octanol–water partition coefficient (Wildman–Crippen LogP) is 11.1. The molecule has 0 heterocycles. The minimum absolute atomic E-state index is 0.0446. The van der Waals surface area contributed by atoms with Crippen LogP contribution in [0.25, 0.3) is 0 Å². The highest BCUT2D eigenvalue weighted by Gasteiger charge is 2.21. The summed E-state index contributed by atoms with van der Waals surface area (Å²) in [6.07, 6.45) is 42.5. The molecule has 1 unspecified atom stereocenters. The van der Waals surface area contributed by atoms with Crippen molar-refractivity contribution in [2.75, 3.05) is 47.5 Å². The van der Waals surface area contributed by atoms with Crippen molar-refractivity contribution < 1.29 is 42.1 Å². The van der Waals surface area contributed by atoms with Gasteiger partial charge in [-0.3, -0.25) is 14.2 Å². The standard InChI is InChI=1S/C44H78NO8P/c1-6-8-10-12-14-16-18-20-21-22-23-25-27-29-31-33-35-37-44(47)53-42(41-52-54(48,49)51-39-38-45(3,4)5)40-50-43(46)36-34-32-30-28-26-24-19-17-15-13-11-9-7-2/h14,16-17,19-21,23,25,29,31,42H,6-13,15,18,22,24,26-28,30,32-41H2,1-5H3/b16-14+,19-17+,21-20+,25-23+,31-29+/t42-/m1/s1. The van der Waals surface area contributed by atoms with Gasteiger partial charge in [-0.2, -0.15) is 0 Å². The minimum Gasteiger partial charge on any atom is -0.756 e. The Kier molecular flexibility index (Phi) is 34.8. The molecule has 0 spiro atoms. The van der Waals surface area contributed by atoms with E-state index in [4.69, 9.17) is 18.5 Å². The number of phosphoric ester groups is 1. The van der Waals surface area contributed by atoms with Gasteiger partial charge in [-0.1, -0.05) is 126 Å². The van der Waals surface area contributed by atoms with Gasteiger partial charge in [-0.25, -0.2) is 0 Å². The molecule has 0 aliphatic rings. The predicted molar refractivity (Wildman–Crippen MR) is 222 cm³/mol. The second-order valence-corrected chi connectivity index (χ2v) is 16.4. The van der Waals surface area contributed by atoms with Gasteiger partial charge in [0.15, 0.2) is 6.10 Å². The maximum absolute atomic E-state index is 12.6. The van der Waals surface area contributed by atoms with Crippen molar-refractivity contribution in [3.63, 3.8) is 0 Å². The number of hydrogen-bond donors (Lipinski definition) is 0. The summed E-state index contributed by atoms with van der Waals surface area (Å²) in [5, 5.41) is 0. The van der Waals surface area contributed by atoms with Crippen molar-refractivity contribution >= 4 is 19.8 Å². The summed E-state index contributed by atoms with van der Waals surface area (Å²) < 4.78 is 33.7. The zero-order valence-electron chi connectivity index (χ0n) is 34.9. The average molecular weight is 780 g/mol. The molecule has 2 atom stereocenters. The Balaban J connectivity index is 4.52. The molecule has 0 fully saturated rings. The van der Waals surface area contributed by atoms with E-state index in [2.05, 4.69) is 68.5 Å². The van der Waals surface area contributed by atoms with E-state index >= 15 is 0 Å². The molecule has 0 rings (SSSR count). The number of quaternary nitrogens is 1. The number of likely N-dealkylation sites (N-methyl/N-ethyl adjacent to an activating group) is 1. The lowest BCUT2D eigenvalue weighted by Gasteiger charge is -2.28. The summed E-state index contributed by atoms with van der Waals surface area (Å²) in [5.74, 6) is -0.916. The van der Waals surface area contributed by atoms with Crippen LogP contribution in [-0.4, -0.2) is 70.0 Å². The zero-order valence-corrected chi connectivity index (χ0v) is 35.8. The number of nitrogens with zero attached hydrogens (tertiary/aromatic N) is 1. The molecule has 9 nitrogen and oxygen atoms in total. The minimum atomic E-state index is -4.64. The largest absolute Gasteiger partial charge is 0.756 e. The molecule has 0 N–H and O–H groups in total. The van der Waals surface area contributed by atoms with Crippen LogP contribution in [0.15, 0.2) is 60.8 Å². The van der Waals surface area contributed by atoms with Crippen LogP contribution >= 0.6 is 7.82 Å². The number of unbranched alkanes of at least 4 members (excludes halogenated alkanes) is 13. The first kappa shape index (κ1) is 51.7. The van der Waals surface area contributed by atoms with Crippen LogP contribution in [0.2, 0.25) is 0 Å². The normalized spacial score (nSPS) is 14.3. The second-order valence-electron chi connectivity index (χ2n) is 15.0. The summed E-state index contributed by atoms with van der Waals surface area (Å²) in [6, 6.07) is 0. The Morgan fingerprint density at radius 3 is 1.59 bits per heavy atom. The molecular weight excluding hydrogens is 701 g/mol. The fourth-order valence-electron chi connectivity index (χ4n) is 5.17. The van der Waals surface area contributed by atoms with Gasteiger partial charge in [-0.05, 0) is 77.0 Å². The van der Waals surface area contributed by atoms with Crippen molar-refractivity contribution in [3.8, 4) is 0 Å². The first-order chi connectivity index (χ1) is 26.0.